The summed E-state index contributed by atoms with van der Waals surface area (Å²) in [6.07, 6.45) is 2.87. The fourth-order valence-electron chi connectivity index (χ4n) is 12.5. The summed E-state index contributed by atoms with van der Waals surface area (Å²) < 4.78 is 38.5. The predicted molar refractivity (Wildman–Crippen MR) is 398 cm³/mol. The van der Waals surface area contributed by atoms with Crippen LogP contribution >= 0.6 is 46.2 Å². The van der Waals surface area contributed by atoms with Crippen molar-refractivity contribution >= 4 is 116 Å². The SMILES string of the molecule is C=C(CC)/C(S/C(=N\C1=Cc2sc3c(c2C1(C(=O)OCc1ccccc1)C(=O)OCc1ccccc1)C(C(=O)OCc1ccccc1)(C(=O)OCc1ccccc1)c1c-3sc2c1C(C(=O)OCc1ccccc1)(C(=O)OCc1ccccc1)C(/N=C1\SC(=C(C#N)C#N)N(CC)C1=O)=C2)C(C)=O)=C(/N)C#N. The van der Waals surface area contributed by atoms with E-state index in [1.807, 2.05) is 18.2 Å². The second-order valence-corrected chi connectivity index (χ2v) is 28.2. The number of thiophene rings is 2. The molecule has 8 aromatic rings. The molecule has 21 nitrogen and oxygen atoms in total. The average Bonchev–Trinajstić information content (AvgIpc) is 1.48. The fraction of sp³-hybridized carbons (Fsp3) is 0.173. The minimum atomic E-state index is -3.25. The van der Waals surface area contributed by atoms with Crippen LogP contribution in [0.1, 0.15) is 92.6 Å². The summed E-state index contributed by atoms with van der Waals surface area (Å²) in [5, 5.41) is 29.7. The van der Waals surface area contributed by atoms with Gasteiger partial charge in [-0.3, -0.25) is 43.3 Å². The van der Waals surface area contributed by atoms with Crippen molar-refractivity contribution in [3.8, 4) is 28.0 Å². The number of aliphatic imine (C=N–C) groups is 2. The largest absolute Gasteiger partial charge is 0.459 e. The normalized spacial score (nSPS) is 15.2. The number of thioether (sulfide) groups is 2. The summed E-state index contributed by atoms with van der Waals surface area (Å²) in [5.41, 5.74) is -4.11. The zero-order valence-electron chi connectivity index (χ0n) is 56.9. The summed E-state index contributed by atoms with van der Waals surface area (Å²) in [6, 6.07) is 55.9. The van der Waals surface area contributed by atoms with Crippen LogP contribution in [0.15, 0.2) is 237 Å². The van der Waals surface area contributed by atoms with E-state index in [0.29, 0.717) is 62.5 Å². The van der Waals surface area contributed by atoms with Gasteiger partial charge in [-0.15, -0.1) is 22.7 Å². The van der Waals surface area contributed by atoms with Gasteiger partial charge in [-0.25, -0.2) is 9.98 Å². The number of ketones is 1. The highest BCUT2D eigenvalue weighted by Gasteiger charge is 2.72. The van der Waals surface area contributed by atoms with Gasteiger partial charge in [0.15, 0.2) is 16.4 Å². The quantitative estimate of drug-likeness (QED) is 0.0106. The molecule has 0 saturated carbocycles. The molecule has 0 atom stereocenters. The molecule has 1 aliphatic heterocycles. The smallest absolute Gasteiger partial charge is 0.334 e. The molecule has 6 aromatic carbocycles. The number of nitriles is 3. The maximum atomic E-state index is 17.3. The Morgan fingerprint density at radius 1 is 0.500 bits per heavy atom. The zero-order chi connectivity index (χ0) is 74.9. The fourth-order valence-corrected chi connectivity index (χ4v) is 17.3. The lowest BCUT2D eigenvalue weighted by Gasteiger charge is -2.35. The van der Waals surface area contributed by atoms with Crippen LogP contribution in [-0.4, -0.2) is 69.0 Å². The zero-order valence-corrected chi connectivity index (χ0v) is 60.2. The van der Waals surface area contributed by atoms with Crippen molar-refractivity contribution < 1.29 is 66.8 Å². The lowest BCUT2D eigenvalue weighted by Crippen LogP contribution is -2.53. The molecule has 3 aliphatic carbocycles. The first-order chi connectivity index (χ1) is 51.4. The number of benzene rings is 6. The topological polar surface area (TPSA) is 317 Å². The highest BCUT2D eigenvalue weighted by atomic mass is 32.2. The molecule has 0 unspecified atom stereocenters. The molecule has 528 valence electrons. The molecule has 3 heterocycles. The number of ether oxygens (including phenoxy) is 6. The van der Waals surface area contributed by atoms with Crippen LogP contribution in [0.3, 0.4) is 0 Å². The highest BCUT2D eigenvalue weighted by Crippen LogP contribution is 2.68. The number of carbonyl (C=O) groups is 8. The standard InChI is InChI=1S/C81H61N7O14S4/c1-5-48(3)66(57(85)41-84)105-69(49(4)89)86-60-37-58-62(79(60,73(91)97-42-50-25-13-7-14-26-50)74(92)98-43-51-27-15-8-16-28-51)64-67(103-58)68-65(81(64,77(95)101-46-54-33-21-11-22-34-54)78(96)102-47-55-35-23-12-24-36-55)63-59(104-68)38-61(87-70-71(90)88(6-2)72(106-70)56(39-82)40-83)80(63,75(93)99-44-52-29-17-9-18-30-52)76(94)100-45-53-31-19-10-20-32-53/h7-38H,3,5-6,42-47,85H2,1-2,4H3/b66-57-,86-69-,87-70-. The first-order valence-electron chi connectivity index (χ1n) is 33.0. The number of carbonyl (C=O) groups excluding carboxylic acids is 8. The van der Waals surface area contributed by atoms with E-state index in [1.54, 1.807) is 196 Å². The number of allylic oxidation sites excluding steroid dienone is 3. The molecule has 4 aliphatic rings. The molecular weight excluding hydrogens is 1420 g/mol. The van der Waals surface area contributed by atoms with E-state index in [0.717, 1.165) is 34.5 Å². The third-order valence-electron chi connectivity index (χ3n) is 17.7. The highest BCUT2D eigenvalue weighted by molar-refractivity contribution is 8.19. The predicted octanol–water partition coefficient (Wildman–Crippen LogP) is 13.4. The lowest BCUT2D eigenvalue weighted by atomic mass is 9.67. The Hall–Kier alpha value is -12.3. The molecule has 25 heteroatoms. The van der Waals surface area contributed by atoms with Crippen molar-refractivity contribution in [1.29, 1.82) is 15.8 Å². The summed E-state index contributed by atoms with van der Waals surface area (Å²) in [4.78, 5) is 141. The number of Topliss-reactive ketones (excluding diaryl/α,β-unsaturated/α-hetero) is 1. The van der Waals surface area contributed by atoms with E-state index in [4.69, 9.17) is 44.1 Å². The molecule has 12 rings (SSSR count). The van der Waals surface area contributed by atoms with Crippen molar-refractivity contribution in [2.45, 2.75) is 83.1 Å². The minimum absolute atomic E-state index is 0.0172. The lowest BCUT2D eigenvalue weighted by molar-refractivity contribution is -0.168. The van der Waals surface area contributed by atoms with E-state index >= 15 is 28.8 Å². The third-order valence-corrected chi connectivity index (χ3v) is 22.5. The molecular formula is C81H61N7O14S4. The molecule has 2 aromatic heterocycles. The number of fused-ring (bicyclic) bond motifs is 7. The van der Waals surface area contributed by atoms with Crippen LogP contribution < -0.4 is 5.73 Å². The minimum Gasteiger partial charge on any atom is -0.459 e. The number of rotatable bonds is 25. The third kappa shape index (κ3) is 13.6. The number of hydrogen-bond donors (Lipinski definition) is 1. The Bertz CT molecular complexity index is 5060. The Morgan fingerprint density at radius 2 is 0.830 bits per heavy atom. The summed E-state index contributed by atoms with van der Waals surface area (Å²) in [6.45, 7) is 5.26. The Labute approximate surface area is 624 Å². The first-order valence-corrected chi connectivity index (χ1v) is 36.2. The summed E-state index contributed by atoms with van der Waals surface area (Å²) >= 11 is 2.94. The van der Waals surface area contributed by atoms with Crippen molar-refractivity contribution in [3.63, 3.8) is 0 Å². The number of amides is 1. The van der Waals surface area contributed by atoms with Crippen molar-refractivity contribution in [3.05, 3.63) is 292 Å². The Balaban J connectivity index is 1.22. The molecule has 0 radical (unpaired) electrons. The second kappa shape index (κ2) is 31.7. The van der Waals surface area contributed by atoms with Crippen molar-refractivity contribution in [2.24, 2.45) is 15.7 Å². The number of nitrogens with two attached hydrogens (primary N) is 1. The van der Waals surface area contributed by atoms with Gasteiger partial charge in [0.1, 0.15) is 73.6 Å². The van der Waals surface area contributed by atoms with E-state index in [-0.39, 0.29) is 48.1 Å². The summed E-state index contributed by atoms with van der Waals surface area (Å²) in [5.74, 6) is -10.1. The van der Waals surface area contributed by atoms with Gasteiger partial charge in [-0.2, -0.15) is 15.8 Å². The molecule has 0 spiro atoms. The number of esters is 6. The average molecular weight is 1480 g/mol. The molecule has 1 fully saturated rings. The molecule has 2 N–H and O–H groups in total. The van der Waals surface area contributed by atoms with Gasteiger partial charge in [0.25, 0.3) is 5.91 Å². The van der Waals surface area contributed by atoms with Crippen LogP contribution in [0.4, 0.5) is 0 Å². The van der Waals surface area contributed by atoms with Crippen molar-refractivity contribution in [1.82, 2.24) is 4.90 Å². The summed E-state index contributed by atoms with van der Waals surface area (Å²) in [7, 11) is 0. The monoisotopic (exact) mass is 1480 g/mol. The van der Waals surface area contributed by atoms with Gasteiger partial charge < -0.3 is 34.2 Å². The van der Waals surface area contributed by atoms with Crippen LogP contribution in [0.2, 0.25) is 0 Å². The van der Waals surface area contributed by atoms with Gasteiger partial charge in [-0.1, -0.05) is 207 Å². The number of hydrogen-bond acceptors (Lipinski definition) is 24. The van der Waals surface area contributed by atoms with Crippen molar-refractivity contribution in [2.75, 3.05) is 6.54 Å². The Morgan fingerprint density at radius 3 is 1.14 bits per heavy atom. The van der Waals surface area contributed by atoms with Gasteiger partial charge in [0.05, 0.1) is 26.1 Å². The second-order valence-electron chi connectivity index (χ2n) is 24.1. The van der Waals surface area contributed by atoms with Gasteiger partial charge >= 0.3 is 35.8 Å². The van der Waals surface area contributed by atoms with E-state index in [1.165, 1.54) is 12.2 Å². The molecule has 0 bridgehead atoms. The van der Waals surface area contributed by atoms with Gasteiger partial charge in [0.2, 0.25) is 16.2 Å². The van der Waals surface area contributed by atoms with Crippen LogP contribution in [0.5, 0.6) is 0 Å². The van der Waals surface area contributed by atoms with Crippen LogP contribution in [0, 0.1) is 34.0 Å². The Kier molecular flexibility index (Phi) is 22.0. The molecule has 1 amide bonds. The van der Waals surface area contributed by atoms with Crippen LogP contribution in [-0.2, 0) is 123 Å². The van der Waals surface area contributed by atoms with E-state index in [9.17, 15) is 25.4 Å². The number of nitrogens with zero attached hydrogens (tertiary/aromatic N) is 6. The first kappa shape index (κ1) is 73.4. The van der Waals surface area contributed by atoms with Gasteiger partial charge in [0, 0.05) is 45.5 Å². The maximum absolute atomic E-state index is 17.3. The van der Waals surface area contributed by atoms with Crippen LogP contribution in [0.25, 0.3) is 21.9 Å². The molecule has 1 saturated heterocycles. The maximum Gasteiger partial charge on any atom is 0.334 e. The van der Waals surface area contributed by atoms with E-state index in [2.05, 4.69) is 6.58 Å². The van der Waals surface area contributed by atoms with Gasteiger partial charge in [-0.05, 0) is 76.2 Å². The van der Waals surface area contributed by atoms with E-state index < -0.39 is 153 Å². The molecule has 106 heavy (non-hydrogen) atoms.